The average Bonchev–Trinajstić information content (AvgIpc) is 2.92. The standard InChI is InChI=1S/C10H9F2N5O2/c11-5-1-4(2-18)19-9(5)17-3-14-6-7(13)15-10(12)16-8(6)17/h1,3-4,9,18H,2H2,(H2,13,15,16)/t4-,9-/m1/s1. The van der Waals surface area contributed by atoms with Gasteiger partial charge in [-0.15, -0.1) is 0 Å². The van der Waals surface area contributed by atoms with Crippen molar-refractivity contribution >= 4 is 17.0 Å². The van der Waals surface area contributed by atoms with Crippen molar-refractivity contribution in [3.8, 4) is 0 Å². The van der Waals surface area contributed by atoms with E-state index in [1.54, 1.807) is 0 Å². The van der Waals surface area contributed by atoms with E-state index in [1.165, 1.54) is 10.9 Å². The number of hydrogen-bond acceptors (Lipinski definition) is 6. The van der Waals surface area contributed by atoms with Crippen molar-refractivity contribution in [2.24, 2.45) is 0 Å². The van der Waals surface area contributed by atoms with E-state index in [1.807, 2.05) is 0 Å². The summed E-state index contributed by atoms with van der Waals surface area (Å²) in [5.74, 6) is -0.752. The second-order valence-electron chi connectivity index (χ2n) is 3.96. The van der Waals surface area contributed by atoms with Gasteiger partial charge < -0.3 is 15.6 Å². The molecule has 0 amide bonds. The first kappa shape index (κ1) is 11.9. The summed E-state index contributed by atoms with van der Waals surface area (Å²) < 4.78 is 33.3. The van der Waals surface area contributed by atoms with E-state index >= 15 is 0 Å². The van der Waals surface area contributed by atoms with Crippen molar-refractivity contribution in [3.63, 3.8) is 0 Å². The monoisotopic (exact) mass is 269 g/mol. The summed E-state index contributed by atoms with van der Waals surface area (Å²) in [5.41, 5.74) is 5.68. The lowest BCUT2D eigenvalue weighted by molar-refractivity contribution is -0.0174. The Morgan fingerprint density at radius 3 is 2.89 bits per heavy atom. The van der Waals surface area contributed by atoms with Gasteiger partial charge in [0.1, 0.15) is 11.9 Å². The van der Waals surface area contributed by atoms with Crippen LogP contribution in [0.15, 0.2) is 18.2 Å². The maximum atomic E-state index is 13.7. The maximum absolute atomic E-state index is 13.7. The topological polar surface area (TPSA) is 99.1 Å². The van der Waals surface area contributed by atoms with Crippen molar-refractivity contribution in [2.45, 2.75) is 12.3 Å². The predicted molar refractivity (Wildman–Crippen MR) is 59.9 cm³/mol. The molecule has 1 aliphatic rings. The summed E-state index contributed by atoms with van der Waals surface area (Å²) in [5, 5.41) is 8.93. The Morgan fingerprint density at radius 2 is 2.21 bits per heavy atom. The Kier molecular flexibility index (Phi) is 2.64. The minimum absolute atomic E-state index is 0.0251. The summed E-state index contributed by atoms with van der Waals surface area (Å²) in [6, 6.07) is 0. The van der Waals surface area contributed by atoms with E-state index < -0.39 is 24.2 Å². The number of nitrogens with zero attached hydrogens (tertiary/aromatic N) is 4. The van der Waals surface area contributed by atoms with Gasteiger partial charge in [0.05, 0.1) is 12.9 Å². The summed E-state index contributed by atoms with van der Waals surface area (Å²) in [4.78, 5) is 10.8. The van der Waals surface area contributed by atoms with Crippen LogP contribution >= 0.6 is 0 Å². The molecule has 19 heavy (non-hydrogen) atoms. The number of halogens is 2. The summed E-state index contributed by atoms with van der Waals surface area (Å²) >= 11 is 0. The number of aliphatic hydroxyl groups is 1. The first-order valence-electron chi connectivity index (χ1n) is 5.39. The van der Waals surface area contributed by atoms with E-state index in [-0.39, 0.29) is 23.6 Å². The summed E-state index contributed by atoms with van der Waals surface area (Å²) in [7, 11) is 0. The fourth-order valence-corrected chi connectivity index (χ4v) is 1.91. The molecule has 2 aromatic rings. The third-order valence-electron chi connectivity index (χ3n) is 2.74. The van der Waals surface area contributed by atoms with Gasteiger partial charge in [0.2, 0.25) is 0 Å². The van der Waals surface area contributed by atoms with E-state index in [2.05, 4.69) is 15.0 Å². The lowest BCUT2D eigenvalue weighted by Crippen LogP contribution is -2.16. The second-order valence-corrected chi connectivity index (χ2v) is 3.96. The first-order chi connectivity index (χ1) is 9.10. The van der Waals surface area contributed by atoms with Gasteiger partial charge in [-0.1, -0.05) is 0 Å². The number of ether oxygens (including phenoxy) is 1. The molecule has 2 aromatic heterocycles. The minimum atomic E-state index is -1.14. The van der Waals surface area contributed by atoms with Gasteiger partial charge in [0.25, 0.3) is 0 Å². The van der Waals surface area contributed by atoms with Gasteiger partial charge in [0.15, 0.2) is 23.2 Å². The number of nitrogen functional groups attached to an aromatic ring is 1. The van der Waals surface area contributed by atoms with Crippen molar-refractivity contribution in [1.82, 2.24) is 19.5 Å². The van der Waals surface area contributed by atoms with Crippen LogP contribution < -0.4 is 5.73 Å². The quantitative estimate of drug-likeness (QED) is 0.760. The first-order valence-corrected chi connectivity index (χ1v) is 5.39. The number of imidazole rings is 1. The van der Waals surface area contributed by atoms with Gasteiger partial charge in [-0.2, -0.15) is 14.4 Å². The fraction of sp³-hybridized carbons (Fsp3) is 0.300. The molecule has 0 spiro atoms. The molecule has 0 saturated carbocycles. The minimum Gasteiger partial charge on any atom is -0.393 e. The van der Waals surface area contributed by atoms with Crippen LogP contribution in [0.25, 0.3) is 11.2 Å². The second kappa shape index (κ2) is 4.21. The SMILES string of the molecule is Nc1nc(F)nc2c1ncn2[C@@H]1O[C@@H](CO)C=C1F. The Hall–Kier alpha value is -2.13. The average molecular weight is 269 g/mol. The van der Waals surface area contributed by atoms with Gasteiger partial charge in [0, 0.05) is 0 Å². The molecule has 3 rings (SSSR count). The molecule has 2 atom stereocenters. The number of anilines is 1. The van der Waals surface area contributed by atoms with Gasteiger partial charge in [-0.25, -0.2) is 9.37 Å². The molecule has 0 radical (unpaired) electrons. The molecule has 3 heterocycles. The van der Waals surface area contributed by atoms with Crippen LogP contribution in [0.1, 0.15) is 6.23 Å². The van der Waals surface area contributed by atoms with Crippen LogP contribution in [0, 0.1) is 6.08 Å². The highest BCUT2D eigenvalue weighted by atomic mass is 19.1. The molecule has 7 nitrogen and oxygen atoms in total. The van der Waals surface area contributed by atoms with Crippen molar-refractivity contribution in [3.05, 3.63) is 24.3 Å². The van der Waals surface area contributed by atoms with Crippen molar-refractivity contribution in [1.29, 1.82) is 0 Å². The van der Waals surface area contributed by atoms with Crippen LogP contribution in [-0.2, 0) is 4.74 Å². The summed E-state index contributed by atoms with van der Waals surface area (Å²) in [6.07, 6.45) is -0.570. The molecular formula is C10H9F2N5O2. The fourth-order valence-electron chi connectivity index (χ4n) is 1.91. The Bertz CT molecular complexity index is 671. The summed E-state index contributed by atoms with van der Waals surface area (Å²) in [6.45, 7) is -0.359. The number of nitrogens with two attached hydrogens (primary N) is 1. The van der Waals surface area contributed by atoms with E-state index in [0.717, 1.165) is 6.08 Å². The number of aliphatic hydroxyl groups excluding tert-OH is 1. The molecule has 0 unspecified atom stereocenters. The third-order valence-corrected chi connectivity index (χ3v) is 2.74. The molecule has 0 saturated heterocycles. The molecule has 1 aliphatic heterocycles. The van der Waals surface area contributed by atoms with Crippen molar-refractivity contribution < 1.29 is 18.6 Å². The lowest BCUT2D eigenvalue weighted by atomic mass is 10.3. The zero-order chi connectivity index (χ0) is 13.6. The molecule has 100 valence electrons. The van der Waals surface area contributed by atoms with E-state index in [0.29, 0.717) is 0 Å². The van der Waals surface area contributed by atoms with Crippen LogP contribution in [0.5, 0.6) is 0 Å². The molecule has 3 N–H and O–H groups in total. The predicted octanol–water partition coefficient (Wildman–Crippen LogP) is 0.291. The highest BCUT2D eigenvalue weighted by molar-refractivity contribution is 5.81. The van der Waals surface area contributed by atoms with Gasteiger partial charge in [-0.05, 0) is 6.08 Å². The number of aromatic nitrogens is 4. The van der Waals surface area contributed by atoms with Crippen LogP contribution in [0.4, 0.5) is 14.6 Å². The van der Waals surface area contributed by atoms with Gasteiger partial charge in [-0.3, -0.25) is 4.57 Å². The largest absolute Gasteiger partial charge is 0.393 e. The highest BCUT2D eigenvalue weighted by Crippen LogP contribution is 2.32. The van der Waals surface area contributed by atoms with E-state index in [9.17, 15) is 8.78 Å². The number of rotatable bonds is 2. The zero-order valence-electron chi connectivity index (χ0n) is 9.49. The van der Waals surface area contributed by atoms with Crippen LogP contribution in [0.3, 0.4) is 0 Å². The third kappa shape index (κ3) is 1.83. The Labute approximate surface area is 105 Å². The molecule has 0 bridgehead atoms. The van der Waals surface area contributed by atoms with E-state index in [4.69, 9.17) is 15.6 Å². The zero-order valence-corrected chi connectivity index (χ0v) is 9.49. The number of hydrogen-bond donors (Lipinski definition) is 2. The molecular weight excluding hydrogens is 260 g/mol. The smallest absolute Gasteiger partial charge is 0.312 e. The van der Waals surface area contributed by atoms with Gasteiger partial charge >= 0.3 is 6.08 Å². The lowest BCUT2D eigenvalue weighted by Gasteiger charge is -2.14. The highest BCUT2D eigenvalue weighted by Gasteiger charge is 2.30. The maximum Gasteiger partial charge on any atom is 0.312 e. The molecule has 0 aromatic carbocycles. The molecule has 9 heteroatoms. The Balaban J connectivity index is 2.10. The van der Waals surface area contributed by atoms with Crippen molar-refractivity contribution in [2.75, 3.05) is 12.3 Å². The Morgan fingerprint density at radius 1 is 1.42 bits per heavy atom. The van der Waals surface area contributed by atoms with Crippen LogP contribution in [-0.4, -0.2) is 37.3 Å². The number of fused-ring (bicyclic) bond motifs is 1. The normalized spacial score (nSPS) is 23.0. The van der Waals surface area contributed by atoms with Crippen LogP contribution in [0.2, 0.25) is 0 Å². The molecule has 0 aliphatic carbocycles. The molecule has 0 fully saturated rings.